The van der Waals surface area contributed by atoms with Gasteiger partial charge in [0.05, 0.1) is 19.9 Å². The van der Waals surface area contributed by atoms with Crippen molar-refractivity contribution in [2.24, 2.45) is 0 Å². The summed E-state index contributed by atoms with van der Waals surface area (Å²) in [6.07, 6.45) is 0. The average Bonchev–Trinajstić information content (AvgIpc) is 2.46. The minimum absolute atomic E-state index is 0.504. The van der Waals surface area contributed by atoms with E-state index in [2.05, 4.69) is 36.2 Å². The van der Waals surface area contributed by atoms with Gasteiger partial charge in [-0.15, -0.1) is 0 Å². The van der Waals surface area contributed by atoms with Crippen molar-refractivity contribution in [3.05, 3.63) is 48.0 Å². The first kappa shape index (κ1) is 13.5. The number of hydrogen-bond acceptors (Lipinski definition) is 3. The van der Waals surface area contributed by atoms with Crippen molar-refractivity contribution in [3.63, 3.8) is 0 Å². The quantitative estimate of drug-likeness (QED) is 0.847. The Labute approximate surface area is 116 Å². The number of anilines is 1. The molecule has 2 radical (unpaired) electrons. The molecule has 0 atom stereocenters. The maximum atomic E-state index is 5.36. The monoisotopic (exact) mass is 271 g/mol. The molecule has 0 fully saturated rings. The van der Waals surface area contributed by atoms with Crippen molar-refractivity contribution in [1.82, 2.24) is 0 Å². The molecule has 3 nitrogen and oxygen atoms in total. The zero-order chi connectivity index (χ0) is 13.7. The van der Waals surface area contributed by atoms with Crippen LogP contribution in [0.4, 0.5) is 5.69 Å². The van der Waals surface area contributed by atoms with E-state index in [4.69, 9.17) is 9.47 Å². The van der Waals surface area contributed by atoms with E-state index in [0.717, 1.165) is 17.2 Å². The topological polar surface area (TPSA) is 30.5 Å². The van der Waals surface area contributed by atoms with E-state index in [-0.39, 0.29) is 0 Å². The first-order valence-electron chi connectivity index (χ1n) is 6.03. The smallest absolute Gasteiger partial charge is 0.219 e. The molecule has 0 heterocycles. The number of nitrogens with one attached hydrogen (secondary N) is 1. The second-order valence-electron chi connectivity index (χ2n) is 4.18. The maximum absolute atomic E-state index is 5.36. The van der Waals surface area contributed by atoms with E-state index in [1.54, 1.807) is 14.2 Å². The number of benzene rings is 2. The summed E-state index contributed by atoms with van der Waals surface area (Å²) in [5.41, 5.74) is 2.25. The van der Waals surface area contributed by atoms with Crippen LogP contribution in [0.1, 0.15) is 5.56 Å². The van der Waals surface area contributed by atoms with Gasteiger partial charge in [-0.05, 0) is 24.2 Å². The van der Waals surface area contributed by atoms with Gasteiger partial charge in [0.25, 0.3) is 0 Å². The summed E-state index contributed by atoms with van der Waals surface area (Å²) < 4.78 is 10.5. The Kier molecular flexibility index (Phi) is 4.47. The van der Waals surface area contributed by atoms with E-state index in [0.29, 0.717) is 9.68 Å². The van der Waals surface area contributed by atoms with E-state index >= 15 is 0 Å². The van der Waals surface area contributed by atoms with Crippen molar-refractivity contribution in [2.45, 2.75) is 6.92 Å². The molecule has 2 aromatic carbocycles. The summed E-state index contributed by atoms with van der Waals surface area (Å²) in [5.74, 6) is 1.58. The first-order valence-corrected chi connectivity index (χ1v) is 7.03. The molecule has 2 aromatic rings. The first-order chi connectivity index (χ1) is 9.22. The molecule has 0 saturated heterocycles. The van der Waals surface area contributed by atoms with Gasteiger partial charge in [0.15, 0.2) is 0 Å². The molecule has 1 N–H and O–H groups in total. The summed E-state index contributed by atoms with van der Waals surface area (Å²) in [6.45, 7) is 2.09. The summed E-state index contributed by atoms with van der Waals surface area (Å²) in [6, 6.07) is 14.3. The Bertz CT molecular complexity index is 540. The van der Waals surface area contributed by atoms with Crippen molar-refractivity contribution >= 4 is 20.6 Å². The summed E-state index contributed by atoms with van der Waals surface area (Å²) in [7, 11) is 3.81. The molecule has 0 aliphatic rings. The molecule has 0 unspecified atom stereocenters. The molecular formula is C15H17NO2Si. The van der Waals surface area contributed by atoms with Gasteiger partial charge in [0.1, 0.15) is 11.5 Å². The molecule has 19 heavy (non-hydrogen) atoms. The van der Waals surface area contributed by atoms with Gasteiger partial charge in [-0.25, -0.2) is 0 Å². The Hall–Kier alpha value is -1.94. The minimum atomic E-state index is 0.504. The van der Waals surface area contributed by atoms with Gasteiger partial charge in [-0.1, -0.05) is 29.8 Å². The second kappa shape index (κ2) is 6.29. The molecule has 0 saturated carbocycles. The lowest BCUT2D eigenvalue weighted by Gasteiger charge is -2.12. The van der Waals surface area contributed by atoms with Crippen LogP contribution in [0.25, 0.3) is 0 Å². The Morgan fingerprint density at radius 1 is 0.947 bits per heavy atom. The number of methoxy groups -OCH3 is 2. The molecule has 4 heteroatoms. The lowest BCUT2D eigenvalue weighted by atomic mass is 10.2. The molecule has 0 aromatic heterocycles. The van der Waals surface area contributed by atoms with Gasteiger partial charge in [-0.2, -0.15) is 0 Å². The van der Waals surface area contributed by atoms with Crippen LogP contribution in [0.5, 0.6) is 11.5 Å². The zero-order valence-electron chi connectivity index (χ0n) is 11.4. The van der Waals surface area contributed by atoms with Gasteiger partial charge >= 0.3 is 0 Å². The molecule has 98 valence electrons. The third-order valence-corrected chi connectivity index (χ3v) is 3.82. The maximum Gasteiger partial charge on any atom is 0.219 e. The van der Waals surface area contributed by atoms with Gasteiger partial charge in [-0.3, -0.25) is 0 Å². The van der Waals surface area contributed by atoms with Crippen LogP contribution in [-0.2, 0) is 0 Å². The number of ether oxygens (including phenoxy) is 2. The van der Waals surface area contributed by atoms with Crippen LogP contribution in [-0.4, -0.2) is 23.9 Å². The van der Waals surface area contributed by atoms with Gasteiger partial charge in [0.2, 0.25) is 9.68 Å². The van der Waals surface area contributed by atoms with E-state index in [1.807, 2.05) is 18.2 Å². The number of hydrogen-bond donors (Lipinski definition) is 1. The third-order valence-electron chi connectivity index (χ3n) is 2.80. The fourth-order valence-corrected chi connectivity index (χ4v) is 2.50. The van der Waals surface area contributed by atoms with E-state index in [1.165, 1.54) is 10.8 Å². The second-order valence-corrected chi connectivity index (χ2v) is 5.26. The minimum Gasteiger partial charge on any atom is -0.497 e. The van der Waals surface area contributed by atoms with Crippen LogP contribution in [0.3, 0.4) is 0 Å². The Morgan fingerprint density at radius 3 is 2.32 bits per heavy atom. The summed E-state index contributed by atoms with van der Waals surface area (Å²) >= 11 is 0. The highest BCUT2D eigenvalue weighted by atomic mass is 28.2. The fourth-order valence-electron chi connectivity index (χ4n) is 1.68. The number of aryl methyl sites for hydroxylation is 1. The van der Waals surface area contributed by atoms with E-state index < -0.39 is 0 Å². The molecular weight excluding hydrogens is 254 g/mol. The standard InChI is InChI=1S/C15H17NO2Si/c1-11-4-7-13(8-5-11)19-16-14-9-6-12(17-2)10-15(14)18-3/h4-10,16H,1-3H3. The third kappa shape index (κ3) is 3.51. The van der Waals surface area contributed by atoms with Crippen LogP contribution < -0.4 is 19.6 Å². The zero-order valence-corrected chi connectivity index (χ0v) is 12.4. The molecule has 2 rings (SSSR count). The number of rotatable bonds is 5. The average molecular weight is 271 g/mol. The predicted molar refractivity (Wildman–Crippen MR) is 79.7 cm³/mol. The molecule has 0 aliphatic carbocycles. The Balaban J connectivity index is 2.08. The Morgan fingerprint density at radius 2 is 1.68 bits per heavy atom. The summed E-state index contributed by atoms with van der Waals surface area (Å²) in [4.78, 5) is 3.40. The largest absolute Gasteiger partial charge is 0.497 e. The SMILES string of the molecule is COc1ccc(N[Si]c2ccc(C)cc2)c(OC)c1. The van der Waals surface area contributed by atoms with Crippen LogP contribution in [0.2, 0.25) is 0 Å². The highest BCUT2D eigenvalue weighted by Gasteiger charge is 2.05. The van der Waals surface area contributed by atoms with Crippen LogP contribution >= 0.6 is 0 Å². The highest BCUT2D eigenvalue weighted by molar-refractivity contribution is 6.57. The lowest BCUT2D eigenvalue weighted by molar-refractivity contribution is 0.395. The van der Waals surface area contributed by atoms with Crippen molar-refractivity contribution in [1.29, 1.82) is 0 Å². The predicted octanol–water partition coefficient (Wildman–Crippen LogP) is 2.37. The van der Waals surface area contributed by atoms with Crippen molar-refractivity contribution in [2.75, 3.05) is 19.2 Å². The van der Waals surface area contributed by atoms with Gasteiger partial charge in [0, 0.05) is 6.07 Å². The van der Waals surface area contributed by atoms with Gasteiger partial charge < -0.3 is 14.5 Å². The van der Waals surface area contributed by atoms with Crippen molar-refractivity contribution in [3.8, 4) is 11.5 Å². The lowest BCUT2D eigenvalue weighted by Crippen LogP contribution is -2.22. The van der Waals surface area contributed by atoms with E-state index in [9.17, 15) is 0 Å². The van der Waals surface area contributed by atoms with Crippen molar-refractivity contribution < 1.29 is 9.47 Å². The fraction of sp³-hybridized carbons (Fsp3) is 0.200. The highest BCUT2D eigenvalue weighted by Crippen LogP contribution is 2.28. The normalized spacial score (nSPS) is 10.1. The molecule has 0 bridgehead atoms. The van der Waals surface area contributed by atoms with Crippen LogP contribution in [0, 0.1) is 6.92 Å². The molecule has 0 aliphatic heterocycles. The molecule has 0 spiro atoms. The van der Waals surface area contributed by atoms with Crippen LogP contribution in [0.15, 0.2) is 42.5 Å². The summed E-state index contributed by atoms with van der Waals surface area (Å²) in [5, 5.41) is 1.27. The molecule has 0 amide bonds.